The summed E-state index contributed by atoms with van der Waals surface area (Å²) in [5.41, 5.74) is 3.36. The van der Waals surface area contributed by atoms with E-state index in [0.29, 0.717) is 18.2 Å². The molecule has 0 spiro atoms. The summed E-state index contributed by atoms with van der Waals surface area (Å²) in [5.74, 6) is -1.88. The number of H-pyrrole nitrogens is 1. The van der Waals surface area contributed by atoms with Gasteiger partial charge in [-0.2, -0.15) is 0 Å². The number of rotatable bonds is 9. The summed E-state index contributed by atoms with van der Waals surface area (Å²) in [6.07, 6.45) is 7.49. The fraction of sp³-hybridized carbons (Fsp3) is 0.464. The number of para-hydroxylation sites is 1. The van der Waals surface area contributed by atoms with Crippen LogP contribution in [0.1, 0.15) is 68.6 Å². The van der Waals surface area contributed by atoms with Gasteiger partial charge in [-0.3, -0.25) is 4.79 Å². The SMILES string of the molecule is CCc1cccc2c(C(CC(=O)NCCCN3CCCCC3C)c3ccc(F)cc3F)c[nH]c12. The highest BCUT2D eigenvalue weighted by atomic mass is 19.1. The smallest absolute Gasteiger partial charge is 0.220 e. The van der Waals surface area contributed by atoms with Crippen molar-refractivity contribution in [3.63, 3.8) is 0 Å². The van der Waals surface area contributed by atoms with Gasteiger partial charge < -0.3 is 15.2 Å². The van der Waals surface area contributed by atoms with Gasteiger partial charge in [0.2, 0.25) is 5.91 Å². The van der Waals surface area contributed by atoms with Gasteiger partial charge in [0, 0.05) is 54.6 Å². The van der Waals surface area contributed by atoms with Gasteiger partial charge in [-0.25, -0.2) is 8.78 Å². The molecule has 3 aromatic rings. The lowest BCUT2D eigenvalue weighted by Crippen LogP contribution is -2.39. The molecule has 1 amide bonds. The van der Waals surface area contributed by atoms with Crippen molar-refractivity contribution in [2.75, 3.05) is 19.6 Å². The van der Waals surface area contributed by atoms with Gasteiger partial charge in [0.1, 0.15) is 11.6 Å². The van der Waals surface area contributed by atoms with Crippen LogP contribution in [0.2, 0.25) is 0 Å². The fourth-order valence-corrected chi connectivity index (χ4v) is 5.25. The molecule has 6 heteroatoms. The summed E-state index contributed by atoms with van der Waals surface area (Å²) < 4.78 is 28.5. The summed E-state index contributed by atoms with van der Waals surface area (Å²) in [7, 11) is 0. The first-order valence-corrected chi connectivity index (χ1v) is 12.5. The molecular formula is C28H35F2N3O. The second kappa shape index (κ2) is 11.1. The predicted molar refractivity (Wildman–Crippen MR) is 133 cm³/mol. The average molecular weight is 468 g/mol. The third kappa shape index (κ3) is 5.49. The number of amides is 1. The molecule has 182 valence electrons. The molecule has 2 heterocycles. The van der Waals surface area contributed by atoms with Gasteiger partial charge in [0.15, 0.2) is 0 Å². The topological polar surface area (TPSA) is 48.1 Å². The first kappa shape index (κ1) is 24.4. The van der Waals surface area contributed by atoms with Crippen LogP contribution in [0.25, 0.3) is 10.9 Å². The Hall–Kier alpha value is -2.73. The maximum absolute atomic E-state index is 14.9. The number of halogens is 2. The molecule has 34 heavy (non-hydrogen) atoms. The van der Waals surface area contributed by atoms with Crippen LogP contribution in [-0.4, -0.2) is 41.5 Å². The normalized spacial score (nSPS) is 17.7. The molecular weight excluding hydrogens is 432 g/mol. The van der Waals surface area contributed by atoms with E-state index in [2.05, 4.69) is 35.1 Å². The van der Waals surface area contributed by atoms with E-state index >= 15 is 0 Å². The standard InChI is InChI=1S/C28H35F2N3O/c1-3-20-9-6-10-23-25(18-32-28(20)23)24(22-12-11-21(29)16-26(22)30)17-27(34)31-13-7-15-33-14-5-4-8-19(33)2/h6,9-12,16,18-19,24,32H,3-5,7-8,13-15,17H2,1-2H3,(H,31,34). The van der Waals surface area contributed by atoms with E-state index in [1.807, 2.05) is 18.3 Å². The molecule has 0 saturated carbocycles. The molecule has 4 rings (SSSR count). The van der Waals surface area contributed by atoms with Crippen LogP contribution >= 0.6 is 0 Å². The van der Waals surface area contributed by atoms with Crippen molar-refractivity contribution in [2.24, 2.45) is 0 Å². The Morgan fingerprint density at radius 3 is 2.82 bits per heavy atom. The van der Waals surface area contributed by atoms with E-state index in [1.165, 1.54) is 37.0 Å². The number of carbonyl (C=O) groups excluding carboxylic acids is 1. The predicted octanol–water partition coefficient (Wildman–Crippen LogP) is 5.91. The molecule has 4 nitrogen and oxygen atoms in total. The zero-order valence-corrected chi connectivity index (χ0v) is 20.2. The second-order valence-electron chi connectivity index (χ2n) is 9.44. The molecule has 2 N–H and O–H groups in total. The van der Waals surface area contributed by atoms with Gasteiger partial charge in [-0.15, -0.1) is 0 Å². The third-order valence-corrected chi connectivity index (χ3v) is 7.20. The minimum Gasteiger partial charge on any atom is -0.361 e. The van der Waals surface area contributed by atoms with Gasteiger partial charge in [-0.1, -0.05) is 37.6 Å². The average Bonchev–Trinajstić information content (AvgIpc) is 3.26. The molecule has 1 fully saturated rings. The van der Waals surface area contributed by atoms with Crippen molar-refractivity contribution in [3.05, 3.63) is 70.9 Å². The number of nitrogens with zero attached hydrogens (tertiary/aromatic N) is 1. The highest BCUT2D eigenvalue weighted by Gasteiger charge is 2.25. The summed E-state index contributed by atoms with van der Waals surface area (Å²) in [5, 5.41) is 4.00. The van der Waals surface area contributed by atoms with Gasteiger partial charge in [0.25, 0.3) is 0 Å². The van der Waals surface area contributed by atoms with Gasteiger partial charge in [-0.05, 0) is 61.9 Å². The van der Waals surface area contributed by atoms with Crippen LogP contribution in [0.5, 0.6) is 0 Å². The largest absolute Gasteiger partial charge is 0.361 e. The van der Waals surface area contributed by atoms with E-state index in [1.54, 1.807) is 0 Å². The minimum atomic E-state index is -0.627. The maximum atomic E-state index is 14.9. The van der Waals surface area contributed by atoms with E-state index in [-0.39, 0.29) is 12.3 Å². The van der Waals surface area contributed by atoms with Crippen molar-refractivity contribution in [1.29, 1.82) is 0 Å². The number of aryl methyl sites for hydroxylation is 1. The first-order chi connectivity index (χ1) is 16.5. The number of piperidine rings is 1. The Morgan fingerprint density at radius 1 is 1.21 bits per heavy atom. The number of nitrogens with one attached hydrogen (secondary N) is 2. The molecule has 0 aliphatic carbocycles. The number of fused-ring (bicyclic) bond motifs is 1. The highest BCUT2D eigenvalue weighted by Crippen LogP contribution is 2.36. The van der Waals surface area contributed by atoms with Crippen molar-refractivity contribution in [1.82, 2.24) is 15.2 Å². The number of hydrogen-bond acceptors (Lipinski definition) is 2. The molecule has 1 aromatic heterocycles. The Kier molecular flexibility index (Phi) is 7.99. The van der Waals surface area contributed by atoms with Crippen molar-refractivity contribution >= 4 is 16.8 Å². The maximum Gasteiger partial charge on any atom is 0.220 e. The molecule has 2 aromatic carbocycles. The van der Waals surface area contributed by atoms with Crippen LogP contribution < -0.4 is 5.32 Å². The Balaban J connectivity index is 1.50. The quantitative estimate of drug-likeness (QED) is 0.384. The van der Waals surface area contributed by atoms with Crippen molar-refractivity contribution < 1.29 is 13.6 Å². The zero-order chi connectivity index (χ0) is 24.1. The van der Waals surface area contributed by atoms with Gasteiger partial charge in [0.05, 0.1) is 0 Å². The van der Waals surface area contributed by atoms with Crippen LogP contribution in [0, 0.1) is 11.6 Å². The van der Waals surface area contributed by atoms with E-state index in [4.69, 9.17) is 0 Å². The second-order valence-corrected chi connectivity index (χ2v) is 9.44. The molecule has 2 atom stereocenters. The number of hydrogen-bond donors (Lipinski definition) is 2. The van der Waals surface area contributed by atoms with Crippen LogP contribution in [0.15, 0.2) is 42.6 Å². The molecule has 0 bridgehead atoms. The Bertz CT molecular complexity index is 1130. The van der Waals surface area contributed by atoms with Gasteiger partial charge >= 0.3 is 0 Å². The van der Waals surface area contributed by atoms with Crippen LogP contribution in [0.4, 0.5) is 8.78 Å². The monoisotopic (exact) mass is 467 g/mol. The molecule has 1 aliphatic heterocycles. The summed E-state index contributed by atoms with van der Waals surface area (Å²) in [6.45, 7) is 7.05. The number of aromatic nitrogens is 1. The summed E-state index contributed by atoms with van der Waals surface area (Å²) in [6, 6.07) is 10.3. The van der Waals surface area contributed by atoms with Crippen LogP contribution in [0.3, 0.4) is 0 Å². The molecule has 1 saturated heterocycles. The highest BCUT2D eigenvalue weighted by molar-refractivity contribution is 5.88. The number of benzene rings is 2. The first-order valence-electron chi connectivity index (χ1n) is 12.5. The fourth-order valence-electron chi connectivity index (χ4n) is 5.25. The molecule has 2 unspecified atom stereocenters. The Morgan fingerprint density at radius 2 is 2.06 bits per heavy atom. The minimum absolute atomic E-state index is 0.103. The summed E-state index contributed by atoms with van der Waals surface area (Å²) in [4.78, 5) is 18.8. The number of aromatic amines is 1. The number of likely N-dealkylation sites (tertiary alicyclic amines) is 1. The summed E-state index contributed by atoms with van der Waals surface area (Å²) >= 11 is 0. The van der Waals surface area contributed by atoms with Crippen molar-refractivity contribution in [2.45, 2.75) is 64.3 Å². The zero-order valence-electron chi connectivity index (χ0n) is 20.2. The van der Waals surface area contributed by atoms with E-state index < -0.39 is 17.6 Å². The van der Waals surface area contributed by atoms with Crippen molar-refractivity contribution in [3.8, 4) is 0 Å². The molecule has 1 aliphatic rings. The lowest BCUT2D eigenvalue weighted by Gasteiger charge is -2.33. The van der Waals surface area contributed by atoms with E-state index in [0.717, 1.165) is 48.5 Å². The third-order valence-electron chi connectivity index (χ3n) is 7.20. The Labute approximate surface area is 200 Å². The number of carbonyl (C=O) groups is 1. The van der Waals surface area contributed by atoms with E-state index in [9.17, 15) is 13.6 Å². The van der Waals surface area contributed by atoms with Crippen LogP contribution in [-0.2, 0) is 11.2 Å². The lowest BCUT2D eigenvalue weighted by molar-refractivity contribution is -0.121. The lowest BCUT2D eigenvalue weighted by atomic mass is 9.87. The molecule has 0 radical (unpaired) electrons.